The first-order valence-electron chi connectivity index (χ1n) is 5.61. The summed E-state index contributed by atoms with van der Waals surface area (Å²) in [6, 6.07) is 6.74. The van der Waals surface area contributed by atoms with E-state index in [0.29, 0.717) is 0 Å². The van der Waals surface area contributed by atoms with E-state index in [0.717, 1.165) is 7.11 Å². The van der Waals surface area contributed by atoms with E-state index in [1.54, 1.807) is 0 Å². The van der Waals surface area contributed by atoms with Crippen LogP contribution >= 0.6 is 0 Å². The lowest BCUT2D eigenvalue weighted by Gasteiger charge is -2.56. The molecule has 1 aromatic rings. The van der Waals surface area contributed by atoms with Crippen LogP contribution in [0.1, 0.15) is 12.0 Å². The molecule has 1 aliphatic carbocycles. The Hall–Kier alpha value is -1.50. The van der Waals surface area contributed by atoms with Crippen molar-refractivity contribution in [1.29, 1.82) is 0 Å². The van der Waals surface area contributed by atoms with E-state index < -0.39 is 35.5 Å². The van der Waals surface area contributed by atoms with Gasteiger partial charge in [-0.05, 0) is 5.56 Å². The molecule has 1 aromatic carbocycles. The van der Waals surface area contributed by atoms with Crippen LogP contribution in [-0.4, -0.2) is 18.7 Å². The average Bonchev–Trinajstić information content (AvgIpc) is 2.43. The van der Waals surface area contributed by atoms with Crippen LogP contribution in [-0.2, 0) is 10.3 Å². The standard InChI is InChI=1S/C13H10F6O/c1-20-11(8-5-3-2-4-6-8)7-12(17,18)13(11,19)9(14)10(15)16/h2-6H,7H2,1H3. The van der Waals surface area contributed by atoms with Crippen LogP contribution in [0.2, 0.25) is 0 Å². The summed E-state index contributed by atoms with van der Waals surface area (Å²) < 4.78 is 84.4. The van der Waals surface area contributed by atoms with Gasteiger partial charge in [-0.3, -0.25) is 0 Å². The van der Waals surface area contributed by atoms with Crippen molar-refractivity contribution >= 4 is 0 Å². The number of hydrogen-bond donors (Lipinski definition) is 0. The van der Waals surface area contributed by atoms with Gasteiger partial charge in [0.2, 0.25) is 5.83 Å². The maximum atomic E-state index is 14.5. The van der Waals surface area contributed by atoms with Gasteiger partial charge in [-0.25, -0.2) is 17.6 Å². The molecule has 2 atom stereocenters. The van der Waals surface area contributed by atoms with Gasteiger partial charge in [0.1, 0.15) is 5.60 Å². The second-order valence-electron chi connectivity index (χ2n) is 4.51. The molecule has 0 bridgehead atoms. The van der Waals surface area contributed by atoms with Gasteiger partial charge in [0.05, 0.1) is 6.42 Å². The zero-order valence-corrected chi connectivity index (χ0v) is 10.3. The lowest BCUT2D eigenvalue weighted by molar-refractivity contribution is -0.331. The normalized spacial score (nSPS) is 31.6. The average molecular weight is 296 g/mol. The minimum atomic E-state index is -4.29. The highest BCUT2D eigenvalue weighted by Crippen LogP contribution is 2.67. The molecule has 0 spiro atoms. The summed E-state index contributed by atoms with van der Waals surface area (Å²) in [5, 5.41) is 0. The van der Waals surface area contributed by atoms with Crippen LogP contribution < -0.4 is 0 Å². The van der Waals surface area contributed by atoms with Crippen molar-refractivity contribution < 1.29 is 31.1 Å². The number of benzene rings is 1. The Labute approximate surface area is 110 Å². The molecule has 1 saturated carbocycles. The number of ether oxygens (including phenoxy) is 1. The van der Waals surface area contributed by atoms with E-state index in [9.17, 15) is 26.3 Å². The second kappa shape index (κ2) is 4.51. The summed E-state index contributed by atoms with van der Waals surface area (Å²) in [4.78, 5) is 0. The third kappa shape index (κ3) is 1.62. The maximum Gasteiger partial charge on any atom is 0.305 e. The Morgan fingerprint density at radius 3 is 2.00 bits per heavy atom. The van der Waals surface area contributed by atoms with Crippen molar-refractivity contribution in [3.8, 4) is 0 Å². The van der Waals surface area contributed by atoms with Gasteiger partial charge < -0.3 is 4.74 Å². The molecule has 0 aromatic heterocycles. The molecule has 2 unspecified atom stereocenters. The zero-order valence-electron chi connectivity index (χ0n) is 10.3. The lowest BCUT2D eigenvalue weighted by Crippen LogP contribution is -2.73. The van der Waals surface area contributed by atoms with Crippen molar-refractivity contribution in [1.82, 2.24) is 0 Å². The Bertz CT molecular complexity index is 539. The van der Waals surface area contributed by atoms with Crippen molar-refractivity contribution in [2.75, 3.05) is 7.11 Å². The number of hydrogen-bond acceptors (Lipinski definition) is 1. The van der Waals surface area contributed by atoms with Crippen molar-refractivity contribution in [2.45, 2.75) is 23.6 Å². The minimum absolute atomic E-state index is 0.132. The predicted octanol–water partition coefficient (Wildman–Crippen LogP) is 4.35. The Morgan fingerprint density at radius 2 is 1.60 bits per heavy atom. The topological polar surface area (TPSA) is 9.23 Å². The van der Waals surface area contributed by atoms with Crippen LogP contribution in [0.15, 0.2) is 42.2 Å². The molecule has 20 heavy (non-hydrogen) atoms. The third-order valence-electron chi connectivity index (χ3n) is 3.59. The van der Waals surface area contributed by atoms with Crippen molar-refractivity contribution in [2.24, 2.45) is 0 Å². The lowest BCUT2D eigenvalue weighted by atomic mass is 9.59. The van der Waals surface area contributed by atoms with E-state index in [-0.39, 0.29) is 5.56 Å². The third-order valence-corrected chi connectivity index (χ3v) is 3.59. The summed E-state index contributed by atoms with van der Waals surface area (Å²) in [7, 11) is 0.875. The van der Waals surface area contributed by atoms with Crippen LogP contribution in [0.3, 0.4) is 0 Å². The first-order chi connectivity index (χ1) is 9.23. The fourth-order valence-corrected chi connectivity index (χ4v) is 2.55. The van der Waals surface area contributed by atoms with E-state index in [2.05, 4.69) is 0 Å². The molecule has 7 heteroatoms. The van der Waals surface area contributed by atoms with Crippen LogP contribution in [0.4, 0.5) is 26.3 Å². The molecule has 0 aliphatic heterocycles. The van der Waals surface area contributed by atoms with Gasteiger partial charge in [0, 0.05) is 7.11 Å². The van der Waals surface area contributed by atoms with Crippen LogP contribution in [0.5, 0.6) is 0 Å². The van der Waals surface area contributed by atoms with Gasteiger partial charge in [0.15, 0.2) is 0 Å². The smallest absolute Gasteiger partial charge is 0.305 e. The van der Waals surface area contributed by atoms with Gasteiger partial charge in [0.25, 0.3) is 11.6 Å². The molecule has 2 rings (SSSR count). The number of alkyl halides is 3. The first-order valence-corrected chi connectivity index (χ1v) is 5.61. The zero-order chi connectivity index (χ0) is 15.2. The number of methoxy groups -OCH3 is 1. The fraction of sp³-hybridized carbons (Fsp3) is 0.385. The van der Waals surface area contributed by atoms with Crippen molar-refractivity contribution in [3.05, 3.63) is 47.8 Å². The number of halogens is 6. The molecule has 110 valence electrons. The van der Waals surface area contributed by atoms with Crippen molar-refractivity contribution in [3.63, 3.8) is 0 Å². The molecule has 1 nitrogen and oxygen atoms in total. The van der Waals surface area contributed by atoms with E-state index >= 15 is 0 Å². The quantitative estimate of drug-likeness (QED) is 0.753. The maximum absolute atomic E-state index is 14.5. The van der Waals surface area contributed by atoms with Crippen LogP contribution in [0, 0.1) is 0 Å². The SMILES string of the molecule is COC1(c2ccccc2)CC(F)(F)C1(F)C(F)=C(F)F. The summed E-state index contributed by atoms with van der Waals surface area (Å²) in [5.74, 6) is -7.08. The first kappa shape index (κ1) is 14.9. The Balaban J connectivity index is 2.65. The van der Waals surface area contributed by atoms with Gasteiger partial charge in [-0.15, -0.1) is 0 Å². The highest BCUT2D eigenvalue weighted by atomic mass is 19.3. The molecule has 0 amide bonds. The largest absolute Gasteiger partial charge is 0.369 e. The van der Waals surface area contributed by atoms with E-state index in [1.165, 1.54) is 30.3 Å². The monoisotopic (exact) mass is 296 g/mol. The summed E-state index contributed by atoms with van der Waals surface area (Å²) in [6.45, 7) is 0. The Morgan fingerprint density at radius 1 is 1.05 bits per heavy atom. The fourth-order valence-electron chi connectivity index (χ4n) is 2.55. The summed E-state index contributed by atoms with van der Waals surface area (Å²) in [5.41, 5.74) is -6.84. The Kier molecular flexibility index (Phi) is 3.36. The summed E-state index contributed by atoms with van der Waals surface area (Å²) in [6.07, 6.45) is -4.35. The molecule has 1 fully saturated rings. The number of rotatable bonds is 3. The summed E-state index contributed by atoms with van der Waals surface area (Å²) >= 11 is 0. The van der Waals surface area contributed by atoms with Gasteiger partial charge in [-0.1, -0.05) is 30.3 Å². The molecular weight excluding hydrogens is 286 g/mol. The minimum Gasteiger partial charge on any atom is -0.369 e. The van der Waals surface area contributed by atoms with Gasteiger partial charge >= 0.3 is 6.08 Å². The molecule has 1 aliphatic rings. The van der Waals surface area contributed by atoms with E-state index in [4.69, 9.17) is 4.74 Å². The van der Waals surface area contributed by atoms with Gasteiger partial charge in [-0.2, -0.15) is 8.78 Å². The highest BCUT2D eigenvalue weighted by Gasteiger charge is 2.83. The van der Waals surface area contributed by atoms with Crippen LogP contribution in [0.25, 0.3) is 0 Å². The molecule has 0 radical (unpaired) electrons. The second-order valence-corrected chi connectivity index (χ2v) is 4.51. The molecular formula is C13H10F6O. The molecule has 0 heterocycles. The predicted molar refractivity (Wildman–Crippen MR) is 58.9 cm³/mol. The molecule has 0 N–H and O–H groups in total. The highest BCUT2D eigenvalue weighted by molar-refractivity contribution is 5.42. The molecule has 0 saturated heterocycles. The van der Waals surface area contributed by atoms with E-state index in [1.807, 2.05) is 0 Å².